The van der Waals surface area contributed by atoms with Crippen molar-refractivity contribution >= 4 is 0 Å². The normalized spacial score (nSPS) is 13.6. The molecule has 0 spiro atoms. The van der Waals surface area contributed by atoms with E-state index in [1.165, 1.54) is 0 Å². The van der Waals surface area contributed by atoms with Gasteiger partial charge in [0, 0.05) is 12.8 Å². The topological polar surface area (TPSA) is 80.9 Å². The summed E-state index contributed by atoms with van der Waals surface area (Å²) in [4.78, 5) is 0. The van der Waals surface area contributed by atoms with Crippen LogP contribution in [0.15, 0.2) is 29.5 Å². The van der Waals surface area contributed by atoms with Crippen molar-refractivity contribution in [3.05, 3.63) is 46.2 Å². The summed E-state index contributed by atoms with van der Waals surface area (Å²) in [5.41, 5.74) is 6.30. The zero-order valence-electron chi connectivity index (χ0n) is 14.4. The van der Waals surface area contributed by atoms with E-state index in [9.17, 15) is 15.3 Å². The number of aliphatic hydroxyl groups is 3. The third-order valence-corrected chi connectivity index (χ3v) is 3.89. The molecule has 0 radical (unpaired) electrons. The highest BCUT2D eigenvalue weighted by Gasteiger charge is 2.11. The molecule has 0 fully saturated rings. The molecule has 23 heavy (non-hydrogen) atoms. The highest BCUT2D eigenvalue weighted by molar-refractivity contribution is 5.42. The molecule has 2 atom stereocenters. The first-order valence-electron chi connectivity index (χ1n) is 7.97. The minimum absolute atomic E-state index is 0.211. The maximum Gasteiger partial charge on any atom is 0.121 e. The molecule has 0 bridgehead atoms. The first-order chi connectivity index (χ1) is 10.8. The Morgan fingerprint density at radius 1 is 1.17 bits per heavy atom. The molecule has 1 aromatic rings. The lowest BCUT2D eigenvalue weighted by Crippen LogP contribution is -2.14. The molecule has 0 aliphatic carbocycles. The Morgan fingerprint density at radius 3 is 2.22 bits per heavy atom. The molecular formula is C19H28O4. The fourth-order valence-corrected chi connectivity index (χ4v) is 2.40. The maximum absolute atomic E-state index is 10.3. The van der Waals surface area contributed by atoms with E-state index in [1.807, 2.05) is 13.8 Å². The van der Waals surface area contributed by atoms with Crippen LogP contribution in [0.2, 0.25) is 0 Å². The highest BCUT2D eigenvalue weighted by atomic mass is 16.3. The Kier molecular flexibility index (Phi) is 7.53. The van der Waals surface area contributed by atoms with Gasteiger partial charge in [0.1, 0.15) is 5.75 Å². The lowest BCUT2D eigenvalue weighted by Gasteiger charge is -2.13. The number of aromatic hydroxyl groups is 1. The number of phenolic OH excluding ortho intramolecular Hbond substituents is 1. The largest absolute Gasteiger partial charge is 0.507 e. The molecule has 0 saturated carbocycles. The van der Waals surface area contributed by atoms with Gasteiger partial charge in [-0.1, -0.05) is 13.8 Å². The van der Waals surface area contributed by atoms with Crippen molar-refractivity contribution in [2.45, 2.75) is 52.7 Å². The van der Waals surface area contributed by atoms with Gasteiger partial charge < -0.3 is 20.4 Å². The second-order valence-corrected chi connectivity index (χ2v) is 6.32. The van der Waals surface area contributed by atoms with Crippen molar-refractivity contribution < 1.29 is 20.4 Å². The van der Waals surface area contributed by atoms with Crippen LogP contribution in [-0.4, -0.2) is 33.1 Å². The van der Waals surface area contributed by atoms with Crippen LogP contribution in [0.3, 0.4) is 0 Å². The zero-order chi connectivity index (χ0) is 17.6. The molecule has 0 heterocycles. The molecule has 0 aliphatic heterocycles. The average Bonchev–Trinajstić information content (AvgIpc) is 2.50. The van der Waals surface area contributed by atoms with Gasteiger partial charge in [0.2, 0.25) is 0 Å². The molecule has 4 N–H and O–H groups in total. The lowest BCUT2D eigenvalue weighted by atomic mass is 9.97. The van der Waals surface area contributed by atoms with E-state index in [4.69, 9.17) is 5.11 Å². The molecule has 0 aromatic heterocycles. The predicted octanol–water partition coefficient (Wildman–Crippen LogP) is 2.91. The fourth-order valence-electron chi connectivity index (χ4n) is 2.40. The van der Waals surface area contributed by atoms with Crippen LogP contribution < -0.4 is 0 Å². The van der Waals surface area contributed by atoms with Crippen molar-refractivity contribution in [1.82, 2.24) is 0 Å². The van der Waals surface area contributed by atoms with Gasteiger partial charge in [0.15, 0.2) is 0 Å². The number of benzene rings is 1. The first kappa shape index (κ1) is 19.5. The number of aryl methyl sites for hydroxylation is 2. The van der Waals surface area contributed by atoms with E-state index < -0.39 is 12.2 Å². The van der Waals surface area contributed by atoms with Gasteiger partial charge in [-0.3, -0.25) is 0 Å². The first-order valence-corrected chi connectivity index (χ1v) is 7.97. The predicted molar refractivity (Wildman–Crippen MR) is 91.3 cm³/mol. The van der Waals surface area contributed by atoms with E-state index in [0.29, 0.717) is 12.8 Å². The van der Waals surface area contributed by atoms with Crippen molar-refractivity contribution in [2.24, 2.45) is 5.92 Å². The summed E-state index contributed by atoms with van der Waals surface area (Å²) in [6, 6.07) is 3.56. The van der Waals surface area contributed by atoms with Crippen LogP contribution in [0.1, 0.15) is 49.5 Å². The zero-order valence-corrected chi connectivity index (χ0v) is 14.4. The van der Waals surface area contributed by atoms with E-state index in [2.05, 4.69) is 5.73 Å². The van der Waals surface area contributed by atoms with Crippen molar-refractivity contribution in [2.75, 3.05) is 6.61 Å². The summed E-state index contributed by atoms with van der Waals surface area (Å²) < 4.78 is 0. The molecule has 4 nitrogen and oxygen atoms in total. The van der Waals surface area contributed by atoms with E-state index in [-0.39, 0.29) is 18.3 Å². The number of hydrogen-bond acceptors (Lipinski definition) is 4. The molecular weight excluding hydrogens is 292 g/mol. The molecule has 0 unspecified atom stereocenters. The quantitative estimate of drug-likeness (QED) is 0.582. The number of aliphatic hydroxyl groups excluding tert-OH is 3. The van der Waals surface area contributed by atoms with E-state index in [1.54, 1.807) is 32.1 Å². The van der Waals surface area contributed by atoms with Crippen molar-refractivity contribution in [3.8, 4) is 5.75 Å². The fraction of sp³-hybridized carbons (Fsp3) is 0.526. The Hall–Kier alpha value is -1.58. The van der Waals surface area contributed by atoms with Crippen LogP contribution in [0.4, 0.5) is 0 Å². The monoisotopic (exact) mass is 320 g/mol. The maximum atomic E-state index is 10.3. The van der Waals surface area contributed by atoms with Gasteiger partial charge in [-0.15, -0.1) is 5.73 Å². The van der Waals surface area contributed by atoms with Crippen molar-refractivity contribution in [3.63, 3.8) is 0 Å². The Bertz CT molecular complexity index is 560. The number of rotatable bonds is 7. The smallest absolute Gasteiger partial charge is 0.121 e. The third kappa shape index (κ3) is 5.85. The highest BCUT2D eigenvalue weighted by Crippen LogP contribution is 2.27. The van der Waals surface area contributed by atoms with Crippen LogP contribution >= 0.6 is 0 Å². The second-order valence-electron chi connectivity index (χ2n) is 6.32. The van der Waals surface area contributed by atoms with E-state index in [0.717, 1.165) is 22.3 Å². The lowest BCUT2D eigenvalue weighted by molar-refractivity contribution is 0.0939. The Labute approximate surface area is 138 Å². The summed E-state index contributed by atoms with van der Waals surface area (Å²) in [5.74, 6) is 0.472. The summed E-state index contributed by atoms with van der Waals surface area (Å²) >= 11 is 0. The Morgan fingerprint density at radius 2 is 1.74 bits per heavy atom. The SMILES string of the molecule is Cc1cc([C@H](O)CC=C=C(C[C@@H](O)CO)C(C)C)cc(C)c1O. The molecule has 0 amide bonds. The van der Waals surface area contributed by atoms with Crippen LogP contribution in [-0.2, 0) is 0 Å². The minimum atomic E-state index is -0.777. The van der Waals surface area contributed by atoms with Gasteiger partial charge in [-0.05, 0) is 60.2 Å². The van der Waals surface area contributed by atoms with Gasteiger partial charge in [0.25, 0.3) is 0 Å². The average molecular weight is 320 g/mol. The van der Waals surface area contributed by atoms with Crippen LogP contribution in [0.5, 0.6) is 5.75 Å². The summed E-state index contributed by atoms with van der Waals surface area (Å²) in [6.07, 6.45) is 1.09. The molecule has 4 heteroatoms. The summed E-state index contributed by atoms with van der Waals surface area (Å²) in [5, 5.41) is 38.6. The molecule has 1 aromatic carbocycles. The van der Waals surface area contributed by atoms with Gasteiger partial charge in [0.05, 0.1) is 18.8 Å². The van der Waals surface area contributed by atoms with Gasteiger partial charge in [-0.25, -0.2) is 0 Å². The minimum Gasteiger partial charge on any atom is -0.507 e. The van der Waals surface area contributed by atoms with Crippen molar-refractivity contribution in [1.29, 1.82) is 0 Å². The molecule has 0 saturated heterocycles. The Balaban J connectivity index is 2.87. The standard InChI is InChI=1S/C19H28O4/c1-12(2)15(10-17(21)11-20)6-5-7-18(22)16-8-13(3)19(23)14(4)9-16/h5,8-9,12,17-18,20-23H,7,10-11H2,1-4H3/t6?,17-,18-/m1/s1. The number of phenols is 1. The molecule has 128 valence electrons. The second kappa shape index (κ2) is 8.90. The molecule has 1 rings (SSSR count). The summed E-state index contributed by atoms with van der Waals surface area (Å²) in [6.45, 7) is 7.35. The third-order valence-electron chi connectivity index (χ3n) is 3.89. The van der Waals surface area contributed by atoms with Crippen LogP contribution in [0, 0.1) is 19.8 Å². The molecule has 0 aliphatic rings. The van der Waals surface area contributed by atoms with Gasteiger partial charge >= 0.3 is 0 Å². The van der Waals surface area contributed by atoms with Crippen LogP contribution in [0.25, 0.3) is 0 Å². The van der Waals surface area contributed by atoms with Gasteiger partial charge in [-0.2, -0.15) is 0 Å². The van der Waals surface area contributed by atoms with E-state index >= 15 is 0 Å². The summed E-state index contributed by atoms with van der Waals surface area (Å²) in [7, 11) is 0. The number of hydrogen-bond donors (Lipinski definition) is 4.